The van der Waals surface area contributed by atoms with E-state index < -0.39 is 0 Å². The highest BCUT2D eigenvalue weighted by Gasteiger charge is 2.19. The van der Waals surface area contributed by atoms with Crippen LogP contribution in [0.2, 0.25) is 0 Å². The summed E-state index contributed by atoms with van der Waals surface area (Å²) in [4.78, 5) is 12.3. The minimum absolute atomic E-state index is 0.293. The summed E-state index contributed by atoms with van der Waals surface area (Å²) >= 11 is 0. The molecule has 2 aromatic carbocycles. The van der Waals surface area contributed by atoms with E-state index in [-0.39, 0.29) is 5.69 Å². The first kappa shape index (κ1) is 17.0. The van der Waals surface area contributed by atoms with Gasteiger partial charge in [-0.3, -0.25) is 0 Å². The number of pyridine rings is 1. The number of rotatable bonds is 4. The Bertz CT molecular complexity index is 1200. The Balaban J connectivity index is 2.18. The molecule has 0 aliphatic carbocycles. The van der Waals surface area contributed by atoms with Crippen molar-refractivity contribution in [1.29, 1.82) is 0 Å². The lowest BCUT2D eigenvalue weighted by molar-refractivity contribution is 0.394. The maximum absolute atomic E-state index is 12.3. The molecule has 7 nitrogen and oxygen atoms in total. The molecular formula is C20H19N3O4. The minimum Gasteiger partial charge on any atom is -0.496 e. The Kier molecular flexibility index (Phi) is 3.99. The standard InChI is InChI=1S/C20H19N3O4/c1-11-8-18-21-22-20(24)23(18)14-9-13(17(27-4)10-12(11)14)19-15(25-2)6-5-7-16(19)26-3/h5-10H,1-4H3,(H,22,24). The van der Waals surface area contributed by atoms with Crippen LogP contribution >= 0.6 is 0 Å². The van der Waals surface area contributed by atoms with Crippen LogP contribution in [-0.2, 0) is 0 Å². The van der Waals surface area contributed by atoms with E-state index in [9.17, 15) is 4.79 Å². The molecule has 0 spiro atoms. The van der Waals surface area contributed by atoms with Crippen LogP contribution in [0.1, 0.15) is 5.56 Å². The zero-order valence-corrected chi connectivity index (χ0v) is 15.5. The Labute approximate surface area is 155 Å². The van der Waals surface area contributed by atoms with Gasteiger partial charge in [0.25, 0.3) is 0 Å². The molecule has 0 saturated heterocycles. The van der Waals surface area contributed by atoms with Crippen LogP contribution < -0.4 is 19.9 Å². The lowest BCUT2D eigenvalue weighted by atomic mass is 9.98. The molecule has 0 fully saturated rings. The van der Waals surface area contributed by atoms with Gasteiger partial charge in [-0.15, -0.1) is 0 Å². The summed E-state index contributed by atoms with van der Waals surface area (Å²) in [5, 5.41) is 7.50. The Morgan fingerprint density at radius 3 is 2.26 bits per heavy atom. The van der Waals surface area contributed by atoms with Crippen molar-refractivity contribution in [2.24, 2.45) is 0 Å². The van der Waals surface area contributed by atoms with Crippen molar-refractivity contribution in [2.75, 3.05) is 21.3 Å². The topological polar surface area (TPSA) is 77.9 Å². The van der Waals surface area contributed by atoms with E-state index in [0.29, 0.717) is 22.9 Å². The molecule has 0 atom stereocenters. The smallest absolute Gasteiger partial charge is 0.348 e. The van der Waals surface area contributed by atoms with E-state index in [0.717, 1.165) is 27.6 Å². The average molecular weight is 365 g/mol. The molecule has 1 N–H and O–H groups in total. The third-order valence-corrected chi connectivity index (χ3v) is 4.72. The molecule has 4 aromatic rings. The van der Waals surface area contributed by atoms with E-state index in [4.69, 9.17) is 14.2 Å². The molecule has 0 saturated carbocycles. The van der Waals surface area contributed by atoms with Gasteiger partial charge in [-0.2, -0.15) is 5.10 Å². The van der Waals surface area contributed by atoms with Crippen molar-refractivity contribution in [1.82, 2.24) is 14.6 Å². The molecule has 2 aromatic heterocycles. The van der Waals surface area contributed by atoms with E-state index in [1.807, 2.05) is 43.3 Å². The summed E-state index contributed by atoms with van der Waals surface area (Å²) in [6.07, 6.45) is 0. The molecule has 0 amide bonds. The van der Waals surface area contributed by atoms with Crippen LogP contribution in [0.3, 0.4) is 0 Å². The first-order chi connectivity index (χ1) is 13.1. The summed E-state index contributed by atoms with van der Waals surface area (Å²) in [6, 6.07) is 11.3. The quantitative estimate of drug-likeness (QED) is 0.601. The van der Waals surface area contributed by atoms with Gasteiger partial charge in [0.05, 0.1) is 32.4 Å². The lowest BCUT2D eigenvalue weighted by Crippen LogP contribution is -2.10. The summed E-state index contributed by atoms with van der Waals surface area (Å²) < 4.78 is 18.3. The van der Waals surface area contributed by atoms with Gasteiger partial charge in [-0.1, -0.05) is 6.07 Å². The molecule has 7 heteroatoms. The van der Waals surface area contributed by atoms with Crippen LogP contribution in [0.5, 0.6) is 17.2 Å². The number of hydrogen-bond donors (Lipinski definition) is 1. The predicted octanol–water partition coefficient (Wildman–Crippen LogP) is 3.18. The van der Waals surface area contributed by atoms with Crippen LogP contribution in [-0.4, -0.2) is 35.9 Å². The number of aromatic amines is 1. The van der Waals surface area contributed by atoms with E-state index in [1.54, 1.807) is 25.7 Å². The molecule has 4 rings (SSSR count). The number of benzene rings is 2. The highest BCUT2D eigenvalue weighted by molar-refractivity contribution is 5.94. The van der Waals surface area contributed by atoms with Crippen molar-refractivity contribution in [3.8, 4) is 28.4 Å². The third-order valence-electron chi connectivity index (χ3n) is 4.72. The number of fused-ring (bicyclic) bond motifs is 3. The monoisotopic (exact) mass is 365 g/mol. The number of ether oxygens (including phenoxy) is 3. The number of hydrogen-bond acceptors (Lipinski definition) is 5. The number of H-pyrrole nitrogens is 1. The predicted molar refractivity (Wildman–Crippen MR) is 103 cm³/mol. The first-order valence-electron chi connectivity index (χ1n) is 8.39. The van der Waals surface area contributed by atoms with Gasteiger partial charge in [-0.05, 0) is 42.8 Å². The molecule has 0 unspecified atom stereocenters. The zero-order valence-electron chi connectivity index (χ0n) is 15.5. The maximum atomic E-state index is 12.3. The number of nitrogens with one attached hydrogen (secondary N) is 1. The van der Waals surface area contributed by atoms with Gasteiger partial charge < -0.3 is 14.2 Å². The highest BCUT2D eigenvalue weighted by atomic mass is 16.5. The second kappa shape index (κ2) is 6.35. The maximum Gasteiger partial charge on any atom is 0.348 e. The van der Waals surface area contributed by atoms with Crippen molar-refractivity contribution in [2.45, 2.75) is 6.92 Å². The Morgan fingerprint density at radius 2 is 1.63 bits per heavy atom. The normalized spacial score (nSPS) is 11.1. The van der Waals surface area contributed by atoms with Crippen LogP contribution in [0.4, 0.5) is 0 Å². The fraction of sp³-hybridized carbons (Fsp3) is 0.200. The number of aromatic nitrogens is 3. The summed E-state index contributed by atoms with van der Waals surface area (Å²) in [7, 11) is 4.83. The summed E-state index contributed by atoms with van der Waals surface area (Å²) in [5.74, 6) is 1.95. The van der Waals surface area contributed by atoms with Crippen molar-refractivity contribution < 1.29 is 14.2 Å². The Morgan fingerprint density at radius 1 is 0.963 bits per heavy atom. The molecule has 0 aliphatic rings. The van der Waals surface area contributed by atoms with Gasteiger partial charge >= 0.3 is 5.69 Å². The highest BCUT2D eigenvalue weighted by Crippen LogP contribution is 2.44. The second-order valence-electron chi connectivity index (χ2n) is 6.16. The molecule has 27 heavy (non-hydrogen) atoms. The van der Waals surface area contributed by atoms with Gasteiger partial charge in [0.1, 0.15) is 17.2 Å². The summed E-state index contributed by atoms with van der Waals surface area (Å²) in [6.45, 7) is 1.98. The number of methoxy groups -OCH3 is 3. The van der Waals surface area contributed by atoms with Crippen molar-refractivity contribution in [3.63, 3.8) is 0 Å². The average Bonchev–Trinajstić information content (AvgIpc) is 3.06. The van der Waals surface area contributed by atoms with Gasteiger partial charge in [0.2, 0.25) is 0 Å². The second-order valence-corrected chi connectivity index (χ2v) is 6.16. The third kappa shape index (κ3) is 2.51. The molecule has 0 radical (unpaired) electrons. The fourth-order valence-corrected chi connectivity index (χ4v) is 3.46. The van der Waals surface area contributed by atoms with Crippen LogP contribution in [0.15, 0.2) is 41.2 Å². The van der Waals surface area contributed by atoms with Crippen LogP contribution in [0, 0.1) is 6.92 Å². The first-order valence-corrected chi connectivity index (χ1v) is 8.39. The molecule has 0 aliphatic heterocycles. The molecular weight excluding hydrogens is 346 g/mol. The van der Waals surface area contributed by atoms with Gasteiger partial charge in [-0.25, -0.2) is 14.3 Å². The molecule has 0 bridgehead atoms. The van der Waals surface area contributed by atoms with E-state index in [1.165, 1.54) is 0 Å². The van der Waals surface area contributed by atoms with E-state index >= 15 is 0 Å². The lowest BCUT2D eigenvalue weighted by Gasteiger charge is -2.17. The zero-order chi connectivity index (χ0) is 19.1. The van der Waals surface area contributed by atoms with Gasteiger partial charge in [0, 0.05) is 10.9 Å². The number of aryl methyl sites for hydroxylation is 1. The molecule has 138 valence electrons. The van der Waals surface area contributed by atoms with Crippen molar-refractivity contribution >= 4 is 16.6 Å². The van der Waals surface area contributed by atoms with Gasteiger partial charge in [0.15, 0.2) is 5.65 Å². The van der Waals surface area contributed by atoms with E-state index in [2.05, 4.69) is 10.2 Å². The van der Waals surface area contributed by atoms with Crippen molar-refractivity contribution in [3.05, 3.63) is 52.4 Å². The molecule has 2 heterocycles. The Hall–Kier alpha value is -3.48. The largest absolute Gasteiger partial charge is 0.496 e. The fourth-order valence-electron chi connectivity index (χ4n) is 3.46. The minimum atomic E-state index is -0.293. The number of nitrogens with zero attached hydrogens (tertiary/aromatic N) is 2. The summed E-state index contributed by atoms with van der Waals surface area (Å²) in [5.41, 5.74) is 3.51. The van der Waals surface area contributed by atoms with Crippen LogP contribution in [0.25, 0.3) is 27.7 Å². The SMILES string of the molecule is COc1cc2c(C)cc3n[nH]c(=O)n3c2cc1-c1c(OC)cccc1OC.